The standard InChI is InChI=1S/C15H19N3O2/c1-3-4-8-18-13(14(15(19)20)16-17-18)10-12-7-5-6-11(2)9-12/h5-7,9H,3-4,8,10H2,1-2H3,(H,19,20). The Labute approximate surface area is 118 Å². The molecule has 0 saturated heterocycles. The molecular formula is C15H19N3O2. The Morgan fingerprint density at radius 2 is 2.20 bits per heavy atom. The molecule has 1 heterocycles. The van der Waals surface area contributed by atoms with Gasteiger partial charge in [-0.1, -0.05) is 48.4 Å². The maximum atomic E-state index is 11.3. The summed E-state index contributed by atoms with van der Waals surface area (Å²) < 4.78 is 1.72. The van der Waals surface area contributed by atoms with Crippen molar-refractivity contribution < 1.29 is 9.90 Å². The van der Waals surface area contributed by atoms with Crippen LogP contribution < -0.4 is 0 Å². The van der Waals surface area contributed by atoms with Crippen LogP contribution in [0.2, 0.25) is 0 Å². The van der Waals surface area contributed by atoms with Gasteiger partial charge < -0.3 is 5.11 Å². The average Bonchev–Trinajstić information content (AvgIpc) is 2.79. The Morgan fingerprint density at radius 1 is 1.40 bits per heavy atom. The Morgan fingerprint density at radius 3 is 2.85 bits per heavy atom. The van der Waals surface area contributed by atoms with E-state index in [2.05, 4.69) is 23.3 Å². The lowest BCUT2D eigenvalue weighted by atomic mass is 10.1. The fraction of sp³-hybridized carbons (Fsp3) is 0.400. The van der Waals surface area contributed by atoms with Gasteiger partial charge in [0.2, 0.25) is 0 Å². The van der Waals surface area contributed by atoms with Crippen LogP contribution in [0.15, 0.2) is 24.3 Å². The lowest BCUT2D eigenvalue weighted by Gasteiger charge is -2.07. The van der Waals surface area contributed by atoms with Crippen molar-refractivity contribution in [2.45, 2.75) is 39.7 Å². The summed E-state index contributed by atoms with van der Waals surface area (Å²) in [5.41, 5.74) is 2.97. The minimum absolute atomic E-state index is 0.0580. The number of carboxylic acids is 1. The van der Waals surface area contributed by atoms with Crippen molar-refractivity contribution in [3.05, 3.63) is 46.8 Å². The number of aromatic nitrogens is 3. The van der Waals surface area contributed by atoms with E-state index in [1.165, 1.54) is 0 Å². The molecule has 5 heteroatoms. The average molecular weight is 273 g/mol. The third-order valence-corrected chi connectivity index (χ3v) is 3.22. The van der Waals surface area contributed by atoms with E-state index in [1.807, 2.05) is 25.1 Å². The first-order chi connectivity index (χ1) is 9.61. The highest BCUT2D eigenvalue weighted by Crippen LogP contribution is 2.14. The van der Waals surface area contributed by atoms with Gasteiger partial charge in [0, 0.05) is 13.0 Å². The van der Waals surface area contributed by atoms with Gasteiger partial charge in [-0.25, -0.2) is 9.48 Å². The smallest absolute Gasteiger partial charge is 0.358 e. The second-order valence-corrected chi connectivity index (χ2v) is 4.93. The zero-order chi connectivity index (χ0) is 14.5. The molecule has 1 aromatic carbocycles. The van der Waals surface area contributed by atoms with E-state index in [4.69, 9.17) is 0 Å². The second kappa shape index (κ2) is 6.32. The molecule has 1 N–H and O–H groups in total. The van der Waals surface area contributed by atoms with Gasteiger partial charge in [0.1, 0.15) is 0 Å². The van der Waals surface area contributed by atoms with Crippen LogP contribution in [0.3, 0.4) is 0 Å². The summed E-state index contributed by atoms with van der Waals surface area (Å²) in [6, 6.07) is 8.05. The molecule has 106 valence electrons. The van der Waals surface area contributed by atoms with Gasteiger partial charge in [0.15, 0.2) is 5.69 Å². The van der Waals surface area contributed by atoms with Crippen LogP contribution in [0.25, 0.3) is 0 Å². The van der Waals surface area contributed by atoms with E-state index in [1.54, 1.807) is 4.68 Å². The molecular weight excluding hydrogens is 254 g/mol. The third-order valence-electron chi connectivity index (χ3n) is 3.22. The first-order valence-electron chi connectivity index (χ1n) is 6.83. The van der Waals surface area contributed by atoms with E-state index < -0.39 is 5.97 Å². The number of hydrogen-bond acceptors (Lipinski definition) is 3. The first-order valence-corrected chi connectivity index (χ1v) is 6.83. The molecule has 0 aliphatic carbocycles. The molecule has 0 amide bonds. The third kappa shape index (κ3) is 3.23. The van der Waals surface area contributed by atoms with E-state index in [0.29, 0.717) is 18.7 Å². The fourth-order valence-corrected chi connectivity index (χ4v) is 2.18. The minimum Gasteiger partial charge on any atom is -0.476 e. The van der Waals surface area contributed by atoms with Crippen molar-refractivity contribution in [3.8, 4) is 0 Å². The number of benzene rings is 1. The van der Waals surface area contributed by atoms with Crippen molar-refractivity contribution in [2.75, 3.05) is 0 Å². The molecule has 0 bridgehead atoms. The van der Waals surface area contributed by atoms with Gasteiger partial charge in [-0.2, -0.15) is 0 Å². The van der Waals surface area contributed by atoms with Crippen LogP contribution in [0, 0.1) is 6.92 Å². The Kier molecular flexibility index (Phi) is 4.50. The number of aryl methyl sites for hydroxylation is 2. The van der Waals surface area contributed by atoms with Crippen LogP contribution in [-0.2, 0) is 13.0 Å². The molecule has 0 saturated carbocycles. The maximum absolute atomic E-state index is 11.3. The quantitative estimate of drug-likeness (QED) is 0.878. The molecule has 0 unspecified atom stereocenters. The van der Waals surface area contributed by atoms with Crippen LogP contribution >= 0.6 is 0 Å². The van der Waals surface area contributed by atoms with Crippen LogP contribution in [-0.4, -0.2) is 26.1 Å². The Hall–Kier alpha value is -2.17. The molecule has 2 rings (SSSR count). The van der Waals surface area contributed by atoms with Crippen molar-refractivity contribution in [2.24, 2.45) is 0 Å². The van der Waals surface area contributed by atoms with E-state index in [-0.39, 0.29) is 5.69 Å². The lowest BCUT2D eigenvalue weighted by molar-refractivity contribution is 0.0689. The number of carboxylic acid groups (broad SMARTS) is 1. The second-order valence-electron chi connectivity index (χ2n) is 4.93. The van der Waals surface area contributed by atoms with Gasteiger partial charge in [-0.3, -0.25) is 0 Å². The number of carbonyl (C=O) groups is 1. The summed E-state index contributed by atoms with van der Waals surface area (Å²) in [6.45, 7) is 4.82. The van der Waals surface area contributed by atoms with Crippen LogP contribution in [0.1, 0.15) is 47.1 Å². The summed E-state index contributed by atoms with van der Waals surface area (Å²) >= 11 is 0. The van der Waals surface area contributed by atoms with Gasteiger partial charge in [0.05, 0.1) is 5.69 Å². The number of rotatable bonds is 6. The Bertz CT molecular complexity index is 605. The molecule has 0 atom stereocenters. The van der Waals surface area contributed by atoms with Crippen LogP contribution in [0.4, 0.5) is 0 Å². The maximum Gasteiger partial charge on any atom is 0.358 e. The molecule has 0 fully saturated rings. The fourth-order valence-electron chi connectivity index (χ4n) is 2.18. The predicted octanol–water partition coefficient (Wildman–Crippen LogP) is 2.68. The normalized spacial score (nSPS) is 10.7. The van der Waals surface area contributed by atoms with Crippen LogP contribution in [0.5, 0.6) is 0 Å². The molecule has 2 aromatic rings. The lowest BCUT2D eigenvalue weighted by Crippen LogP contribution is -2.09. The van der Waals surface area contributed by atoms with Gasteiger partial charge >= 0.3 is 5.97 Å². The summed E-state index contributed by atoms with van der Waals surface area (Å²) in [4.78, 5) is 11.3. The zero-order valence-corrected chi connectivity index (χ0v) is 11.8. The Balaban J connectivity index is 2.32. The molecule has 20 heavy (non-hydrogen) atoms. The minimum atomic E-state index is -1.02. The summed E-state index contributed by atoms with van der Waals surface area (Å²) in [5.74, 6) is -1.02. The molecule has 0 aliphatic rings. The molecule has 0 aliphatic heterocycles. The topological polar surface area (TPSA) is 68.0 Å². The number of unbranched alkanes of at least 4 members (excludes halogenated alkanes) is 1. The monoisotopic (exact) mass is 273 g/mol. The summed E-state index contributed by atoms with van der Waals surface area (Å²) in [5, 5.41) is 17.0. The molecule has 1 aromatic heterocycles. The molecule has 0 radical (unpaired) electrons. The van der Waals surface area contributed by atoms with E-state index >= 15 is 0 Å². The predicted molar refractivity (Wildman–Crippen MR) is 75.9 cm³/mol. The molecule has 5 nitrogen and oxygen atoms in total. The van der Waals surface area contributed by atoms with Crippen molar-refractivity contribution in [1.82, 2.24) is 15.0 Å². The largest absolute Gasteiger partial charge is 0.476 e. The molecule has 0 spiro atoms. The van der Waals surface area contributed by atoms with E-state index in [0.717, 1.165) is 24.0 Å². The van der Waals surface area contributed by atoms with Crippen molar-refractivity contribution in [3.63, 3.8) is 0 Å². The SMILES string of the molecule is CCCCn1nnc(C(=O)O)c1Cc1cccc(C)c1. The van der Waals surface area contributed by atoms with Crippen molar-refractivity contribution >= 4 is 5.97 Å². The number of aromatic carboxylic acids is 1. The highest BCUT2D eigenvalue weighted by Gasteiger charge is 2.18. The highest BCUT2D eigenvalue weighted by atomic mass is 16.4. The number of nitrogens with zero attached hydrogens (tertiary/aromatic N) is 3. The van der Waals surface area contributed by atoms with Gasteiger partial charge in [0.25, 0.3) is 0 Å². The zero-order valence-electron chi connectivity index (χ0n) is 11.8. The van der Waals surface area contributed by atoms with Gasteiger partial charge in [-0.15, -0.1) is 5.10 Å². The van der Waals surface area contributed by atoms with Crippen molar-refractivity contribution in [1.29, 1.82) is 0 Å². The van der Waals surface area contributed by atoms with E-state index in [9.17, 15) is 9.90 Å². The van der Waals surface area contributed by atoms with Gasteiger partial charge in [-0.05, 0) is 18.9 Å². The first kappa shape index (κ1) is 14.2. The highest BCUT2D eigenvalue weighted by molar-refractivity contribution is 5.86. The summed E-state index contributed by atoms with van der Waals surface area (Å²) in [6.07, 6.45) is 2.54. The summed E-state index contributed by atoms with van der Waals surface area (Å²) in [7, 11) is 0. The number of hydrogen-bond donors (Lipinski definition) is 1.